The highest BCUT2D eigenvalue weighted by atomic mass is 16.5. The Morgan fingerprint density at radius 2 is 2.33 bits per heavy atom. The van der Waals surface area contributed by atoms with Gasteiger partial charge in [0.05, 0.1) is 19.1 Å². The molecule has 1 aliphatic rings. The van der Waals surface area contributed by atoms with Gasteiger partial charge in [0.15, 0.2) is 0 Å². The largest absolute Gasteiger partial charge is 0.481 e. The SMILES string of the molecule is O=C(O)CC1CN(C(=O)NCCCn2cccn2)CCO1. The second-order valence-corrected chi connectivity index (χ2v) is 4.89. The summed E-state index contributed by atoms with van der Waals surface area (Å²) in [6.07, 6.45) is 3.88. The molecule has 0 radical (unpaired) electrons. The summed E-state index contributed by atoms with van der Waals surface area (Å²) in [5, 5.41) is 15.7. The van der Waals surface area contributed by atoms with Crippen molar-refractivity contribution in [1.82, 2.24) is 20.0 Å². The number of hydrogen-bond acceptors (Lipinski definition) is 4. The Hall–Kier alpha value is -2.09. The summed E-state index contributed by atoms with van der Waals surface area (Å²) in [7, 11) is 0. The number of morpholine rings is 1. The monoisotopic (exact) mass is 296 g/mol. The van der Waals surface area contributed by atoms with Crippen LogP contribution in [0.2, 0.25) is 0 Å². The van der Waals surface area contributed by atoms with Crippen LogP contribution in [0.5, 0.6) is 0 Å². The third kappa shape index (κ3) is 5.07. The van der Waals surface area contributed by atoms with Gasteiger partial charge in [-0.1, -0.05) is 0 Å². The van der Waals surface area contributed by atoms with Gasteiger partial charge in [-0.05, 0) is 12.5 Å². The number of nitrogens with one attached hydrogen (secondary N) is 1. The molecule has 1 aromatic rings. The van der Waals surface area contributed by atoms with Crippen LogP contribution >= 0.6 is 0 Å². The molecule has 1 unspecified atom stereocenters. The number of aliphatic carboxylic acids is 1. The summed E-state index contributed by atoms with van der Waals surface area (Å²) in [6, 6.07) is 1.68. The minimum Gasteiger partial charge on any atom is -0.481 e. The zero-order chi connectivity index (χ0) is 15.1. The van der Waals surface area contributed by atoms with E-state index in [-0.39, 0.29) is 12.5 Å². The van der Waals surface area contributed by atoms with Crippen molar-refractivity contribution in [2.75, 3.05) is 26.2 Å². The van der Waals surface area contributed by atoms with Crippen LogP contribution in [-0.2, 0) is 16.1 Å². The van der Waals surface area contributed by atoms with E-state index in [2.05, 4.69) is 10.4 Å². The van der Waals surface area contributed by atoms with Crippen molar-refractivity contribution >= 4 is 12.0 Å². The molecule has 8 heteroatoms. The van der Waals surface area contributed by atoms with Crippen molar-refractivity contribution in [2.24, 2.45) is 0 Å². The quantitative estimate of drug-likeness (QED) is 0.729. The van der Waals surface area contributed by atoms with Crippen LogP contribution in [0.4, 0.5) is 4.79 Å². The number of carbonyl (C=O) groups is 2. The van der Waals surface area contributed by atoms with Gasteiger partial charge in [-0.2, -0.15) is 5.10 Å². The van der Waals surface area contributed by atoms with Crippen molar-refractivity contribution in [3.05, 3.63) is 18.5 Å². The molecule has 2 heterocycles. The van der Waals surface area contributed by atoms with Crippen LogP contribution < -0.4 is 5.32 Å². The van der Waals surface area contributed by atoms with Crippen molar-refractivity contribution in [2.45, 2.75) is 25.5 Å². The number of ether oxygens (including phenoxy) is 1. The van der Waals surface area contributed by atoms with E-state index >= 15 is 0 Å². The van der Waals surface area contributed by atoms with E-state index < -0.39 is 12.1 Å². The van der Waals surface area contributed by atoms with Gasteiger partial charge in [-0.3, -0.25) is 9.48 Å². The Kier molecular flexibility index (Phi) is 5.56. The van der Waals surface area contributed by atoms with Gasteiger partial charge in [-0.15, -0.1) is 0 Å². The molecule has 116 valence electrons. The maximum absolute atomic E-state index is 12.0. The van der Waals surface area contributed by atoms with Gasteiger partial charge in [0.1, 0.15) is 0 Å². The van der Waals surface area contributed by atoms with Crippen molar-refractivity contribution < 1.29 is 19.4 Å². The van der Waals surface area contributed by atoms with E-state index in [4.69, 9.17) is 9.84 Å². The summed E-state index contributed by atoms with van der Waals surface area (Å²) < 4.78 is 7.14. The van der Waals surface area contributed by atoms with Crippen LogP contribution in [0.15, 0.2) is 18.5 Å². The first kappa shape index (κ1) is 15.3. The number of carbonyl (C=O) groups excluding carboxylic acids is 1. The van der Waals surface area contributed by atoms with Crippen LogP contribution in [0.3, 0.4) is 0 Å². The maximum atomic E-state index is 12.0. The van der Waals surface area contributed by atoms with E-state index in [0.717, 1.165) is 13.0 Å². The van der Waals surface area contributed by atoms with Gasteiger partial charge in [0.2, 0.25) is 0 Å². The Labute approximate surface area is 122 Å². The lowest BCUT2D eigenvalue weighted by Gasteiger charge is -2.32. The first-order chi connectivity index (χ1) is 10.1. The molecule has 1 saturated heterocycles. The molecule has 0 bridgehead atoms. The molecule has 1 aliphatic heterocycles. The Morgan fingerprint density at radius 1 is 1.48 bits per heavy atom. The Bertz CT molecular complexity index is 463. The molecule has 1 atom stereocenters. The highest BCUT2D eigenvalue weighted by molar-refractivity contribution is 5.74. The fourth-order valence-electron chi connectivity index (χ4n) is 2.20. The smallest absolute Gasteiger partial charge is 0.317 e. The van der Waals surface area contributed by atoms with E-state index in [0.29, 0.717) is 26.2 Å². The Morgan fingerprint density at radius 3 is 3.05 bits per heavy atom. The van der Waals surface area contributed by atoms with Crippen molar-refractivity contribution in [3.8, 4) is 0 Å². The fourth-order valence-corrected chi connectivity index (χ4v) is 2.20. The second-order valence-electron chi connectivity index (χ2n) is 4.89. The first-order valence-electron chi connectivity index (χ1n) is 6.99. The predicted molar refractivity (Wildman–Crippen MR) is 73.8 cm³/mol. The standard InChI is InChI=1S/C13H20N4O4/c18-12(19)9-11-10-16(7-8-21-11)13(20)14-3-1-5-17-6-2-4-15-17/h2,4,6,11H,1,3,5,7-10H2,(H,14,20)(H,18,19). The molecule has 1 aromatic heterocycles. The van der Waals surface area contributed by atoms with E-state index in [1.54, 1.807) is 11.1 Å². The lowest BCUT2D eigenvalue weighted by Crippen LogP contribution is -2.50. The number of nitrogens with zero attached hydrogens (tertiary/aromatic N) is 3. The molecule has 2 amide bonds. The van der Waals surface area contributed by atoms with E-state index in [1.807, 2.05) is 16.9 Å². The average molecular weight is 296 g/mol. The summed E-state index contributed by atoms with van der Waals surface area (Å²) in [5.74, 6) is -0.915. The summed E-state index contributed by atoms with van der Waals surface area (Å²) in [5.41, 5.74) is 0. The molecule has 21 heavy (non-hydrogen) atoms. The number of carboxylic acids is 1. The molecule has 1 fully saturated rings. The maximum Gasteiger partial charge on any atom is 0.317 e. The molecule has 2 N–H and O–H groups in total. The Balaban J connectivity index is 1.66. The summed E-state index contributed by atoms with van der Waals surface area (Å²) in [4.78, 5) is 24.2. The molecule has 0 saturated carbocycles. The van der Waals surface area contributed by atoms with Crippen LogP contribution in [0, 0.1) is 0 Å². The first-order valence-corrected chi connectivity index (χ1v) is 6.99. The molecule has 0 aromatic carbocycles. The number of urea groups is 1. The van der Waals surface area contributed by atoms with Gasteiger partial charge in [0.25, 0.3) is 0 Å². The number of carboxylic acid groups (broad SMARTS) is 1. The van der Waals surface area contributed by atoms with E-state index in [1.165, 1.54) is 0 Å². The van der Waals surface area contributed by atoms with Gasteiger partial charge >= 0.3 is 12.0 Å². The third-order valence-corrected chi connectivity index (χ3v) is 3.23. The van der Waals surface area contributed by atoms with Crippen LogP contribution in [0.1, 0.15) is 12.8 Å². The van der Waals surface area contributed by atoms with Crippen molar-refractivity contribution in [3.63, 3.8) is 0 Å². The minimum absolute atomic E-state index is 0.0803. The summed E-state index contributed by atoms with van der Waals surface area (Å²) >= 11 is 0. The molecule has 2 rings (SSSR count). The fraction of sp³-hybridized carbons (Fsp3) is 0.615. The molecular formula is C13H20N4O4. The van der Waals surface area contributed by atoms with Gasteiger partial charge in [-0.25, -0.2) is 4.79 Å². The normalized spacial score (nSPS) is 18.5. The van der Waals surface area contributed by atoms with Gasteiger partial charge < -0.3 is 20.1 Å². The molecular weight excluding hydrogens is 276 g/mol. The predicted octanol–water partition coefficient (Wildman–Crippen LogP) is 0.158. The lowest BCUT2D eigenvalue weighted by atomic mass is 10.2. The van der Waals surface area contributed by atoms with Crippen molar-refractivity contribution in [1.29, 1.82) is 0 Å². The average Bonchev–Trinajstić information content (AvgIpc) is 2.96. The lowest BCUT2D eigenvalue weighted by molar-refractivity contribution is -0.141. The zero-order valence-corrected chi connectivity index (χ0v) is 11.8. The van der Waals surface area contributed by atoms with Gasteiger partial charge in [0, 0.05) is 38.6 Å². The van der Waals surface area contributed by atoms with E-state index in [9.17, 15) is 9.59 Å². The summed E-state index contributed by atoms with van der Waals surface area (Å²) in [6.45, 7) is 2.48. The number of aryl methyl sites for hydroxylation is 1. The highest BCUT2D eigenvalue weighted by Gasteiger charge is 2.25. The molecule has 0 spiro atoms. The minimum atomic E-state index is -0.915. The number of amides is 2. The number of rotatable bonds is 6. The van der Waals surface area contributed by atoms with Crippen LogP contribution in [0.25, 0.3) is 0 Å². The number of aromatic nitrogens is 2. The second kappa shape index (κ2) is 7.63. The number of hydrogen-bond donors (Lipinski definition) is 2. The topological polar surface area (TPSA) is 96.7 Å². The molecule has 0 aliphatic carbocycles. The zero-order valence-electron chi connectivity index (χ0n) is 11.8. The third-order valence-electron chi connectivity index (χ3n) is 3.23. The highest BCUT2D eigenvalue weighted by Crippen LogP contribution is 2.08. The molecule has 8 nitrogen and oxygen atoms in total. The van der Waals surface area contributed by atoms with Crippen LogP contribution in [-0.4, -0.2) is 64.1 Å².